The number of carbonyl (C=O) groups excluding carboxylic acids is 1. The summed E-state index contributed by atoms with van der Waals surface area (Å²) in [6, 6.07) is 18.7. The highest BCUT2D eigenvalue weighted by atomic mass is 127. The van der Waals surface area contributed by atoms with Crippen molar-refractivity contribution < 1.29 is 17.6 Å². The number of carbonyl (C=O) groups is 1. The molecule has 3 aromatic carbocycles. The number of benzene rings is 3. The number of anilines is 1. The minimum Gasteiger partial charge on any atom is -0.352 e. The van der Waals surface area contributed by atoms with Gasteiger partial charge < -0.3 is 5.32 Å². The summed E-state index contributed by atoms with van der Waals surface area (Å²) in [5.74, 6) is -0.503. The lowest BCUT2D eigenvalue weighted by Crippen LogP contribution is -2.30. The van der Waals surface area contributed by atoms with Crippen molar-refractivity contribution in [2.24, 2.45) is 0 Å². The van der Waals surface area contributed by atoms with Crippen LogP contribution in [0.25, 0.3) is 0 Å². The molecule has 0 heterocycles. The van der Waals surface area contributed by atoms with Gasteiger partial charge >= 0.3 is 0 Å². The van der Waals surface area contributed by atoms with Crippen molar-refractivity contribution in [3.63, 3.8) is 0 Å². The maximum atomic E-state index is 13.0. The summed E-state index contributed by atoms with van der Waals surface area (Å²) < 4.78 is 40.2. The van der Waals surface area contributed by atoms with Gasteiger partial charge in [0.2, 0.25) is 10.0 Å². The standard InChI is InChI=1S/C24H24FIN2O3S/c1-17-15-22(26)11-12-23(17)28(32(2,30)31)16-19-3-7-20(8-4-19)24(29)27-14-13-18-5-9-21(25)10-6-18/h3-12,15H,13-14,16H2,1-2H3,(H,27,29). The second kappa shape index (κ2) is 10.4. The molecule has 8 heteroatoms. The molecular weight excluding hydrogens is 542 g/mol. The smallest absolute Gasteiger partial charge is 0.251 e. The number of hydrogen-bond donors (Lipinski definition) is 1. The van der Waals surface area contributed by atoms with Crippen LogP contribution in [0.3, 0.4) is 0 Å². The molecule has 0 aliphatic heterocycles. The summed E-state index contributed by atoms with van der Waals surface area (Å²) in [4.78, 5) is 12.4. The van der Waals surface area contributed by atoms with Crippen LogP contribution in [0.1, 0.15) is 27.0 Å². The Morgan fingerprint density at radius 3 is 2.22 bits per heavy atom. The molecule has 0 aromatic heterocycles. The number of rotatable bonds is 8. The minimum absolute atomic E-state index is 0.173. The fourth-order valence-electron chi connectivity index (χ4n) is 3.28. The van der Waals surface area contributed by atoms with Gasteiger partial charge in [0.1, 0.15) is 5.82 Å². The number of hydrogen-bond acceptors (Lipinski definition) is 3. The summed E-state index contributed by atoms with van der Waals surface area (Å²) >= 11 is 2.19. The fraction of sp³-hybridized carbons (Fsp3) is 0.208. The summed E-state index contributed by atoms with van der Waals surface area (Å²) in [7, 11) is -3.49. The van der Waals surface area contributed by atoms with Crippen molar-refractivity contribution >= 4 is 44.2 Å². The average molecular weight is 566 g/mol. The molecule has 1 N–H and O–H groups in total. The Labute approximate surface area is 201 Å². The zero-order chi connectivity index (χ0) is 23.3. The van der Waals surface area contributed by atoms with Crippen LogP contribution in [0.5, 0.6) is 0 Å². The molecule has 3 aromatic rings. The van der Waals surface area contributed by atoms with Crippen LogP contribution in [0.15, 0.2) is 66.7 Å². The molecule has 0 unspecified atom stereocenters. The van der Waals surface area contributed by atoms with Gasteiger partial charge in [0.15, 0.2) is 0 Å². The summed E-state index contributed by atoms with van der Waals surface area (Å²) in [6.45, 7) is 2.49. The monoisotopic (exact) mass is 566 g/mol. The van der Waals surface area contributed by atoms with Gasteiger partial charge in [0.25, 0.3) is 5.91 Å². The van der Waals surface area contributed by atoms with Gasteiger partial charge in [-0.25, -0.2) is 12.8 Å². The van der Waals surface area contributed by atoms with Crippen molar-refractivity contribution in [2.45, 2.75) is 19.9 Å². The van der Waals surface area contributed by atoms with E-state index >= 15 is 0 Å². The Hall–Kier alpha value is -2.46. The third-order valence-electron chi connectivity index (χ3n) is 4.98. The molecule has 0 aliphatic rings. The lowest BCUT2D eigenvalue weighted by Gasteiger charge is -2.24. The Bertz CT molecular complexity index is 1200. The molecule has 168 valence electrons. The summed E-state index contributed by atoms with van der Waals surface area (Å²) in [6.07, 6.45) is 1.79. The molecule has 0 saturated heterocycles. The Morgan fingerprint density at radius 2 is 1.62 bits per heavy atom. The maximum Gasteiger partial charge on any atom is 0.251 e. The van der Waals surface area contributed by atoms with E-state index in [2.05, 4.69) is 27.9 Å². The molecule has 0 atom stereocenters. The predicted molar refractivity (Wildman–Crippen MR) is 134 cm³/mol. The van der Waals surface area contributed by atoms with Gasteiger partial charge in [0.05, 0.1) is 18.5 Å². The number of nitrogens with zero attached hydrogens (tertiary/aromatic N) is 1. The van der Waals surface area contributed by atoms with E-state index in [-0.39, 0.29) is 18.3 Å². The van der Waals surface area contributed by atoms with E-state index in [4.69, 9.17) is 0 Å². The second-order valence-electron chi connectivity index (χ2n) is 7.53. The zero-order valence-corrected chi connectivity index (χ0v) is 20.8. The molecule has 0 spiro atoms. The average Bonchev–Trinajstić information content (AvgIpc) is 2.73. The lowest BCUT2D eigenvalue weighted by molar-refractivity contribution is 0.0954. The second-order valence-corrected chi connectivity index (χ2v) is 10.7. The number of nitrogens with one attached hydrogen (secondary N) is 1. The van der Waals surface area contributed by atoms with Crippen LogP contribution in [0.2, 0.25) is 0 Å². The van der Waals surface area contributed by atoms with Crippen LogP contribution in [0, 0.1) is 16.3 Å². The molecular formula is C24H24FIN2O3S. The van der Waals surface area contributed by atoms with Gasteiger partial charge in [-0.1, -0.05) is 24.3 Å². The zero-order valence-electron chi connectivity index (χ0n) is 17.8. The molecule has 0 aliphatic carbocycles. The van der Waals surface area contributed by atoms with Crippen LogP contribution in [0.4, 0.5) is 10.1 Å². The van der Waals surface area contributed by atoms with Crippen molar-refractivity contribution in [3.8, 4) is 0 Å². The van der Waals surface area contributed by atoms with E-state index in [1.807, 2.05) is 19.1 Å². The summed E-state index contributed by atoms with van der Waals surface area (Å²) in [5, 5.41) is 2.85. The maximum absolute atomic E-state index is 13.0. The normalized spacial score (nSPS) is 11.2. The van der Waals surface area contributed by atoms with Gasteiger partial charge in [-0.3, -0.25) is 9.10 Å². The van der Waals surface area contributed by atoms with Crippen LogP contribution in [-0.4, -0.2) is 27.1 Å². The quantitative estimate of drug-likeness (QED) is 0.403. The van der Waals surface area contributed by atoms with E-state index < -0.39 is 10.0 Å². The number of sulfonamides is 1. The number of aryl methyl sites for hydroxylation is 1. The van der Waals surface area contributed by atoms with Crippen molar-refractivity contribution in [1.29, 1.82) is 0 Å². The third kappa shape index (κ3) is 6.52. The Morgan fingerprint density at radius 1 is 1.00 bits per heavy atom. The van der Waals surface area contributed by atoms with E-state index in [1.165, 1.54) is 22.7 Å². The largest absolute Gasteiger partial charge is 0.352 e. The SMILES string of the molecule is Cc1cc(I)ccc1N(Cc1ccc(C(=O)NCCc2ccc(F)cc2)cc1)S(C)(=O)=O. The highest BCUT2D eigenvalue weighted by molar-refractivity contribution is 14.1. The van der Waals surface area contributed by atoms with E-state index in [0.717, 1.165) is 20.3 Å². The first-order valence-electron chi connectivity index (χ1n) is 9.99. The van der Waals surface area contributed by atoms with Crippen LogP contribution >= 0.6 is 22.6 Å². The molecule has 0 bridgehead atoms. The Balaban J connectivity index is 1.65. The van der Waals surface area contributed by atoms with Crippen molar-refractivity contribution in [1.82, 2.24) is 5.32 Å². The van der Waals surface area contributed by atoms with E-state index in [0.29, 0.717) is 24.2 Å². The fourth-order valence-corrected chi connectivity index (χ4v) is 4.87. The first-order valence-corrected chi connectivity index (χ1v) is 12.9. The lowest BCUT2D eigenvalue weighted by atomic mass is 10.1. The van der Waals surface area contributed by atoms with Gasteiger partial charge in [0, 0.05) is 15.7 Å². The minimum atomic E-state index is -3.49. The highest BCUT2D eigenvalue weighted by Crippen LogP contribution is 2.26. The molecule has 0 fully saturated rings. The highest BCUT2D eigenvalue weighted by Gasteiger charge is 2.20. The van der Waals surface area contributed by atoms with Gasteiger partial charge in [-0.15, -0.1) is 0 Å². The van der Waals surface area contributed by atoms with Crippen molar-refractivity contribution in [3.05, 3.63) is 98.4 Å². The predicted octanol–water partition coefficient (Wildman–Crippen LogP) is 4.68. The first-order chi connectivity index (χ1) is 15.1. The molecule has 1 amide bonds. The molecule has 3 rings (SSSR count). The number of amides is 1. The topological polar surface area (TPSA) is 66.5 Å². The van der Waals surface area contributed by atoms with E-state index in [1.54, 1.807) is 42.5 Å². The van der Waals surface area contributed by atoms with Gasteiger partial charge in [-0.05, 0) is 95.1 Å². The number of halogens is 2. The van der Waals surface area contributed by atoms with Gasteiger partial charge in [-0.2, -0.15) is 0 Å². The molecule has 0 saturated carbocycles. The first kappa shape index (κ1) is 24.2. The molecule has 5 nitrogen and oxygen atoms in total. The van der Waals surface area contributed by atoms with Crippen molar-refractivity contribution in [2.75, 3.05) is 17.1 Å². The third-order valence-corrected chi connectivity index (χ3v) is 6.78. The van der Waals surface area contributed by atoms with Crippen LogP contribution in [-0.2, 0) is 23.0 Å². The van der Waals surface area contributed by atoms with E-state index in [9.17, 15) is 17.6 Å². The molecule has 32 heavy (non-hydrogen) atoms. The van der Waals surface area contributed by atoms with Crippen LogP contribution < -0.4 is 9.62 Å². The Kier molecular flexibility index (Phi) is 7.89. The molecule has 0 radical (unpaired) electrons. The summed E-state index contributed by atoms with van der Waals surface area (Å²) in [5.41, 5.74) is 3.71.